The largest absolute Gasteiger partial charge is 0.379 e. The lowest BCUT2D eigenvalue weighted by Gasteiger charge is -2.39. The lowest BCUT2D eigenvalue weighted by molar-refractivity contribution is -0.156. The maximum absolute atomic E-state index is 12.3. The Hall–Kier alpha value is -1.55. The van der Waals surface area contributed by atoms with Crippen molar-refractivity contribution in [2.75, 3.05) is 36.5 Å². The first kappa shape index (κ1) is 14.9. The van der Waals surface area contributed by atoms with Gasteiger partial charge in [-0.3, -0.25) is 4.79 Å². The molecule has 4 nitrogen and oxygen atoms in total. The maximum atomic E-state index is 12.3. The lowest BCUT2D eigenvalue weighted by Crippen LogP contribution is -2.51. The number of hydrogen-bond donors (Lipinski definition) is 1. The molecule has 0 aromatic heterocycles. The van der Waals surface area contributed by atoms with Crippen molar-refractivity contribution in [3.63, 3.8) is 0 Å². The molecular formula is C16H24N2O2. The summed E-state index contributed by atoms with van der Waals surface area (Å²) >= 11 is 0. The quantitative estimate of drug-likeness (QED) is 0.868. The zero-order valence-corrected chi connectivity index (χ0v) is 12.6. The third-order valence-corrected chi connectivity index (χ3v) is 4.17. The van der Waals surface area contributed by atoms with Crippen LogP contribution in [0, 0.1) is 5.41 Å². The van der Waals surface area contributed by atoms with E-state index in [4.69, 9.17) is 4.74 Å². The molecule has 2 rings (SSSR count). The van der Waals surface area contributed by atoms with Crippen molar-refractivity contribution < 1.29 is 9.53 Å². The van der Waals surface area contributed by atoms with Gasteiger partial charge in [0, 0.05) is 24.5 Å². The second kappa shape index (κ2) is 6.27. The van der Waals surface area contributed by atoms with Crippen molar-refractivity contribution in [3.8, 4) is 0 Å². The van der Waals surface area contributed by atoms with Gasteiger partial charge < -0.3 is 15.0 Å². The van der Waals surface area contributed by atoms with Crippen LogP contribution < -0.4 is 10.2 Å². The number of hydrogen-bond acceptors (Lipinski definition) is 3. The monoisotopic (exact) mass is 276 g/mol. The van der Waals surface area contributed by atoms with Gasteiger partial charge in [-0.15, -0.1) is 0 Å². The van der Waals surface area contributed by atoms with E-state index in [-0.39, 0.29) is 11.3 Å². The molecule has 1 amide bonds. The van der Waals surface area contributed by atoms with Crippen molar-refractivity contribution in [1.82, 2.24) is 0 Å². The predicted octanol–water partition coefficient (Wildman–Crippen LogP) is 2.90. The fraction of sp³-hybridized carbons (Fsp3) is 0.562. The smallest absolute Gasteiger partial charge is 0.235 e. The summed E-state index contributed by atoms with van der Waals surface area (Å²) in [5, 5.41) is 3.00. The van der Waals surface area contributed by atoms with Gasteiger partial charge in [-0.2, -0.15) is 0 Å². The van der Waals surface area contributed by atoms with Crippen LogP contribution in [0.3, 0.4) is 0 Å². The highest BCUT2D eigenvalue weighted by Gasteiger charge is 2.44. The van der Waals surface area contributed by atoms with Crippen LogP contribution in [-0.2, 0) is 9.53 Å². The Morgan fingerprint density at radius 3 is 2.20 bits per heavy atom. The van der Waals surface area contributed by atoms with Crippen molar-refractivity contribution in [2.45, 2.75) is 27.2 Å². The van der Waals surface area contributed by atoms with Crippen LogP contribution in [0.4, 0.5) is 11.4 Å². The average Bonchev–Trinajstić information content (AvgIpc) is 2.41. The summed E-state index contributed by atoms with van der Waals surface area (Å²) in [5.41, 5.74) is 1.72. The van der Waals surface area contributed by atoms with Crippen LogP contribution in [0.2, 0.25) is 0 Å². The van der Waals surface area contributed by atoms with Crippen LogP contribution >= 0.6 is 0 Å². The molecule has 0 spiro atoms. The molecule has 1 aromatic carbocycles. The number of ether oxygens (including phenoxy) is 1. The number of anilines is 2. The molecular weight excluding hydrogens is 252 g/mol. The van der Waals surface area contributed by atoms with Gasteiger partial charge in [-0.05, 0) is 44.5 Å². The Kier molecular flexibility index (Phi) is 4.65. The van der Waals surface area contributed by atoms with Gasteiger partial charge in [0.2, 0.25) is 5.91 Å². The minimum atomic E-state index is -0.322. The fourth-order valence-electron chi connectivity index (χ4n) is 2.45. The third-order valence-electron chi connectivity index (χ3n) is 4.17. The second-order valence-corrected chi connectivity index (χ2v) is 5.30. The molecule has 110 valence electrons. The van der Waals surface area contributed by atoms with Crippen LogP contribution in [0.25, 0.3) is 0 Å². The van der Waals surface area contributed by atoms with Crippen molar-refractivity contribution in [2.24, 2.45) is 5.41 Å². The zero-order chi connectivity index (χ0) is 14.6. The maximum Gasteiger partial charge on any atom is 0.235 e. The molecule has 1 saturated heterocycles. The number of nitrogens with zero attached hydrogens (tertiary/aromatic N) is 1. The van der Waals surface area contributed by atoms with E-state index in [0.29, 0.717) is 13.2 Å². The highest BCUT2D eigenvalue weighted by atomic mass is 16.5. The summed E-state index contributed by atoms with van der Waals surface area (Å²) in [6.07, 6.45) is 0.816. The van der Waals surface area contributed by atoms with Crippen LogP contribution in [0.15, 0.2) is 24.3 Å². The molecule has 20 heavy (non-hydrogen) atoms. The van der Waals surface area contributed by atoms with E-state index in [2.05, 4.69) is 36.2 Å². The minimum absolute atomic E-state index is 0.0711. The predicted molar refractivity (Wildman–Crippen MR) is 82.2 cm³/mol. The topological polar surface area (TPSA) is 41.6 Å². The first-order chi connectivity index (χ1) is 9.65. The minimum Gasteiger partial charge on any atom is -0.379 e. The highest BCUT2D eigenvalue weighted by molar-refractivity contribution is 5.96. The van der Waals surface area contributed by atoms with E-state index in [1.165, 1.54) is 5.69 Å². The number of carbonyl (C=O) groups excluding carboxylic acids is 1. The van der Waals surface area contributed by atoms with Gasteiger partial charge in [0.25, 0.3) is 0 Å². The van der Waals surface area contributed by atoms with Crippen molar-refractivity contribution in [3.05, 3.63) is 24.3 Å². The number of carbonyl (C=O) groups is 1. The van der Waals surface area contributed by atoms with Gasteiger partial charge in [-0.25, -0.2) is 0 Å². The van der Waals surface area contributed by atoms with Gasteiger partial charge >= 0.3 is 0 Å². The number of amides is 1. The summed E-state index contributed by atoms with van der Waals surface area (Å²) in [6.45, 7) is 9.35. The Morgan fingerprint density at radius 2 is 1.80 bits per heavy atom. The first-order valence-electron chi connectivity index (χ1n) is 7.39. The van der Waals surface area contributed by atoms with E-state index >= 15 is 0 Å². The molecule has 1 aliphatic rings. The Balaban J connectivity index is 2.02. The summed E-state index contributed by atoms with van der Waals surface area (Å²) < 4.78 is 5.20. The molecule has 1 aliphatic heterocycles. The second-order valence-electron chi connectivity index (χ2n) is 5.30. The molecule has 4 heteroatoms. The third kappa shape index (κ3) is 2.80. The number of rotatable bonds is 6. The van der Waals surface area contributed by atoms with E-state index in [1.54, 1.807) is 0 Å². The van der Waals surface area contributed by atoms with Gasteiger partial charge in [0.15, 0.2) is 0 Å². The molecule has 0 unspecified atom stereocenters. The summed E-state index contributed by atoms with van der Waals surface area (Å²) in [4.78, 5) is 14.6. The molecule has 1 aromatic rings. The van der Waals surface area contributed by atoms with E-state index in [9.17, 15) is 4.79 Å². The Morgan fingerprint density at radius 1 is 1.20 bits per heavy atom. The van der Waals surface area contributed by atoms with Crippen LogP contribution in [-0.4, -0.2) is 32.2 Å². The van der Waals surface area contributed by atoms with E-state index in [1.807, 2.05) is 19.1 Å². The molecule has 1 N–H and O–H groups in total. The van der Waals surface area contributed by atoms with Gasteiger partial charge in [0.1, 0.15) is 0 Å². The van der Waals surface area contributed by atoms with Crippen LogP contribution in [0.1, 0.15) is 27.2 Å². The highest BCUT2D eigenvalue weighted by Crippen LogP contribution is 2.32. The molecule has 0 bridgehead atoms. The molecule has 0 atom stereocenters. The lowest BCUT2D eigenvalue weighted by atomic mass is 9.82. The van der Waals surface area contributed by atoms with Crippen molar-refractivity contribution in [1.29, 1.82) is 0 Å². The van der Waals surface area contributed by atoms with Gasteiger partial charge in [0.05, 0.1) is 18.6 Å². The van der Waals surface area contributed by atoms with E-state index < -0.39 is 0 Å². The van der Waals surface area contributed by atoms with Crippen molar-refractivity contribution >= 4 is 17.3 Å². The summed E-state index contributed by atoms with van der Waals surface area (Å²) in [6, 6.07) is 8.04. The number of benzene rings is 1. The van der Waals surface area contributed by atoms with E-state index in [0.717, 1.165) is 25.2 Å². The normalized spacial score (nSPS) is 16.4. The number of nitrogens with one attached hydrogen (secondary N) is 1. The van der Waals surface area contributed by atoms with Gasteiger partial charge in [-0.1, -0.05) is 6.92 Å². The SMILES string of the molecule is CCN(CC)c1ccc(NC(=O)C2(CC)COC2)cc1. The molecule has 1 heterocycles. The standard InChI is InChI=1S/C16H24N2O2/c1-4-16(11-20-12-16)15(19)17-13-7-9-14(10-8-13)18(5-2)6-3/h7-10H,4-6,11-12H2,1-3H3,(H,17,19). The average molecular weight is 276 g/mol. The summed E-state index contributed by atoms with van der Waals surface area (Å²) in [5.74, 6) is 0.0711. The molecule has 0 radical (unpaired) electrons. The molecule has 1 fully saturated rings. The zero-order valence-electron chi connectivity index (χ0n) is 12.6. The molecule has 0 aliphatic carbocycles. The van der Waals surface area contributed by atoms with Crippen LogP contribution in [0.5, 0.6) is 0 Å². The Bertz CT molecular complexity index is 443. The fourth-order valence-corrected chi connectivity index (χ4v) is 2.45. The first-order valence-corrected chi connectivity index (χ1v) is 7.39. The summed E-state index contributed by atoms with van der Waals surface area (Å²) in [7, 11) is 0. The Labute approximate surface area is 121 Å². The molecule has 0 saturated carbocycles.